The lowest BCUT2D eigenvalue weighted by Gasteiger charge is -2.37. The zero-order chi connectivity index (χ0) is 18.4. The number of carbonyl (C=O) groups excluding carboxylic acids is 1. The molecule has 0 unspecified atom stereocenters. The normalized spacial score (nSPS) is 14.5. The Morgan fingerprint density at radius 3 is 1.88 bits per heavy atom. The summed E-state index contributed by atoms with van der Waals surface area (Å²) in [5.41, 5.74) is 2.99. The largest absolute Gasteiger partial charge is 0.478 e. The summed E-state index contributed by atoms with van der Waals surface area (Å²) in [6.07, 6.45) is 1.81. The lowest BCUT2D eigenvalue weighted by atomic mass is 10.2. The lowest BCUT2D eigenvalue weighted by molar-refractivity contribution is -0.131. The quantitative estimate of drug-likeness (QED) is 0.810. The number of hydrogen-bond acceptors (Lipinski definition) is 4. The number of nitrogens with one attached hydrogen (secondary N) is 1. The molecule has 2 aromatic rings. The van der Waals surface area contributed by atoms with E-state index in [1.807, 2.05) is 30.3 Å². The summed E-state index contributed by atoms with van der Waals surface area (Å²) in [7, 11) is 0. The van der Waals surface area contributed by atoms with Crippen molar-refractivity contribution in [2.75, 3.05) is 41.3 Å². The second-order valence-corrected chi connectivity index (χ2v) is 6.02. The molecule has 3 rings (SSSR count). The molecule has 1 heterocycles. The first-order valence-electron chi connectivity index (χ1n) is 8.49. The van der Waals surface area contributed by atoms with E-state index in [0.717, 1.165) is 44.0 Å². The number of piperazine rings is 1. The summed E-state index contributed by atoms with van der Waals surface area (Å²) in [4.78, 5) is 26.7. The number of carboxylic acid groups (broad SMARTS) is 1. The van der Waals surface area contributed by atoms with Crippen LogP contribution < -0.4 is 15.1 Å². The molecule has 2 aromatic carbocycles. The number of hydrogen-bond donors (Lipinski definition) is 2. The number of amides is 1. The van der Waals surface area contributed by atoms with Gasteiger partial charge in [0.1, 0.15) is 0 Å². The Bertz CT molecular complexity index is 780. The first-order chi connectivity index (χ1) is 12.6. The predicted molar refractivity (Wildman–Crippen MR) is 103 cm³/mol. The third kappa shape index (κ3) is 4.63. The molecule has 0 bridgehead atoms. The highest BCUT2D eigenvalue weighted by Crippen LogP contribution is 2.22. The van der Waals surface area contributed by atoms with Crippen LogP contribution in [0.25, 0.3) is 0 Å². The standard InChI is InChI=1S/C20H21N3O3/c24-19(10-11-20(25)26)21-16-6-8-18(9-7-16)23-14-12-22(13-15-23)17-4-2-1-3-5-17/h1-11H,12-15H2,(H,21,24)(H,25,26)/b11-10-. The maximum absolute atomic E-state index is 11.6. The highest BCUT2D eigenvalue weighted by molar-refractivity contribution is 6.02. The molecule has 134 valence electrons. The number of carbonyl (C=O) groups is 2. The Morgan fingerprint density at radius 1 is 0.808 bits per heavy atom. The van der Waals surface area contributed by atoms with Crippen molar-refractivity contribution in [3.63, 3.8) is 0 Å². The van der Waals surface area contributed by atoms with Crippen LogP contribution in [-0.2, 0) is 9.59 Å². The monoisotopic (exact) mass is 351 g/mol. The Morgan fingerprint density at radius 2 is 1.35 bits per heavy atom. The third-order valence-corrected chi connectivity index (χ3v) is 4.28. The number of carboxylic acids is 1. The van der Waals surface area contributed by atoms with Gasteiger partial charge in [-0.1, -0.05) is 18.2 Å². The molecule has 6 nitrogen and oxygen atoms in total. The van der Waals surface area contributed by atoms with Gasteiger partial charge >= 0.3 is 5.97 Å². The van der Waals surface area contributed by atoms with Crippen molar-refractivity contribution < 1.29 is 14.7 Å². The molecular weight excluding hydrogens is 330 g/mol. The van der Waals surface area contributed by atoms with Gasteiger partial charge in [-0.05, 0) is 36.4 Å². The Kier molecular flexibility index (Phi) is 5.53. The fraction of sp³-hybridized carbons (Fsp3) is 0.200. The maximum atomic E-state index is 11.6. The fourth-order valence-corrected chi connectivity index (χ4v) is 2.95. The molecule has 26 heavy (non-hydrogen) atoms. The van der Waals surface area contributed by atoms with Crippen molar-refractivity contribution in [1.29, 1.82) is 0 Å². The van der Waals surface area contributed by atoms with Crippen LogP contribution >= 0.6 is 0 Å². The minimum atomic E-state index is -1.15. The summed E-state index contributed by atoms with van der Waals surface area (Å²) >= 11 is 0. The highest BCUT2D eigenvalue weighted by atomic mass is 16.4. The van der Waals surface area contributed by atoms with Crippen molar-refractivity contribution in [2.45, 2.75) is 0 Å². The van der Waals surface area contributed by atoms with Gasteiger partial charge in [0.15, 0.2) is 0 Å². The Labute approximate surface area is 152 Å². The number of anilines is 3. The van der Waals surface area contributed by atoms with Gasteiger partial charge in [0.2, 0.25) is 5.91 Å². The fourth-order valence-electron chi connectivity index (χ4n) is 2.95. The minimum absolute atomic E-state index is 0.461. The van der Waals surface area contributed by atoms with Crippen LogP contribution in [0, 0.1) is 0 Å². The smallest absolute Gasteiger partial charge is 0.328 e. The van der Waals surface area contributed by atoms with Crippen molar-refractivity contribution in [2.24, 2.45) is 0 Å². The molecule has 0 saturated carbocycles. The van der Waals surface area contributed by atoms with Crippen LogP contribution in [0.1, 0.15) is 0 Å². The van der Waals surface area contributed by atoms with Gasteiger partial charge in [0, 0.05) is 55.4 Å². The summed E-state index contributed by atoms with van der Waals surface area (Å²) in [5.74, 6) is -1.61. The van der Waals surface area contributed by atoms with Gasteiger partial charge in [0.05, 0.1) is 0 Å². The van der Waals surface area contributed by atoms with Crippen molar-refractivity contribution in [3.05, 3.63) is 66.7 Å². The van der Waals surface area contributed by atoms with Gasteiger partial charge in [-0.3, -0.25) is 4.79 Å². The van der Waals surface area contributed by atoms with E-state index in [2.05, 4.69) is 39.4 Å². The Balaban J connectivity index is 1.55. The second kappa shape index (κ2) is 8.20. The van der Waals surface area contributed by atoms with E-state index in [-0.39, 0.29) is 0 Å². The molecule has 0 radical (unpaired) electrons. The van der Waals surface area contributed by atoms with Crippen molar-refractivity contribution >= 4 is 28.9 Å². The molecule has 0 atom stereocenters. The SMILES string of the molecule is O=C(O)/C=C\C(=O)Nc1ccc(N2CCN(c3ccccc3)CC2)cc1. The number of benzene rings is 2. The van der Waals surface area contributed by atoms with E-state index in [9.17, 15) is 9.59 Å². The average Bonchev–Trinajstić information content (AvgIpc) is 2.68. The van der Waals surface area contributed by atoms with E-state index in [1.54, 1.807) is 0 Å². The van der Waals surface area contributed by atoms with Gasteiger partial charge in [-0.2, -0.15) is 0 Å². The Hall–Kier alpha value is -3.28. The summed E-state index contributed by atoms with van der Waals surface area (Å²) in [6.45, 7) is 3.79. The van der Waals surface area contributed by atoms with E-state index >= 15 is 0 Å². The van der Waals surface area contributed by atoms with Crippen molar-refractivity contribution in [3.8, 4) is 0 Å². The van der Waals surface area contributed by atoms with Gasteiger partial charge in [-0.15, -0.1) is 0 Å². The lowest BCUT2D eigenvalue weighted by Crippen LogP contribution is -2.46. The van der Waals surface area contributed by atoms with Crippen LogP contribution in [0.15, 0.2) is 66.7 Å². The molecule has 6 heteroatoms. The summed E-state index contributed by atoms with van der Waals surface area (Å²) in [5, 5.41) is 11.2. The van der Waals surface area contributed by atoms with E-state index in [4.69, 9.17) is 5.11 Å². The molecular formula is C20H21N3O3. The molecule has 1 amide bonds. The number of rotatable bonds is 5. The summed E-state index contributed by atoms with van der Waals surface area (Å²) < 4.78 is 0. The number of nitrogens with zero attached hydrogens (tertiary/aromatic N) is 2. The third-order valence-electron chi connectivity index (χ3n) is 4.28. The predicted octanol–water partition coefficient (Wildman–Crippen LogP) is 2.59. The molecule has 1 aliphatic heterocycles. The zero-order valence-electron chi connectivity index (χ0n) is 14.3. The van der Waals surface area contributed by atoms with E-state index < -0.39 is 11.9 Å². The topological polar surface area (TPSA) is 72.9 Å². The molecule has 1 aliphatic rings. The molecule has 2 N–H and O–H groups in total. The molecule has 1 saturated heterocycles. The molecule has 1 fully saturated rings. The first-order valence-corrected chi connectivity index (χ1v) is 8.49. The molecule has 0 aromatic heterocycles. The second-order valence-electron chi connectivity index (χ2n) is 6.02. The number of para-hydroxylation sites is 1. The van der Waals surface area contributed by atoms with Crippen LogP contribution in [-0.4, -0.2) is 43.2 Å². The molecule has 0 aliphatic carbocycles. The van der Waals surface area contributed by atoms with Gasteiger partial charge in [-0.25, -0.2) is 4.79 Å². The van der Waals surface area contributed by atoms with E-state index in [1.165, 1.54) is 5.69 Å². The minimum Gasteiger partial charge on any atom is -0.478 e. The zero-order valence-corrected chi connectivity index (χ0v) is 14.3. The maximum Gasteiger partial charge on any atom is 0.328 e. The van der Waals surface area contributed by atoms with Gasteiger partial charge < -0.3 is 20.2 Å². The van der Waals surface area contributed by atoms with Crippen LogP contribution in [0.4, 0.5) is 17.1 Å². The van der Waals surface area contributed by atoms with Crippen LogP contribution in [0.5, 0.6) is 0 Å². The summed E-state index contributed by atoms with van der Waals surface area (Å²) in [6, 6.07) is 18.0. The van der Waals surface area contributed by atoms with Gasteiger partial charge in [0.25, 0.3) is 0 Å². The first kappa shape index (κ1) is 17.5. The van der Waals surface area contributed by atoms with E-state index in [0.29, 0.717) is 5.69 Å². The molecule has 0 spiro atoms. The van der Waals surface area contributed by atoms with Crippen LogP contribution in [0.3, 0.4) is 0 Å². The van der Waals surface area contributed by atoms with Crippen molar-refractivity contribution in [1.82, 2.24) is 0 Å². The van der Waals surface area contributed by atoms with Crippen LogP contribution in [0.2, 0.25) is 0 Å². The number of aliphatic carboxylic acids is 1. The highest BCUT2D eigenvalue weighted by Gasteiger charge is 2.17. The average molecular weight is 351 g/mol.